The summed E-state index contributed by atoms with van der Waals surface area (Å²) in [4.78, 5) is 29.8. The zero-order chi connectivity index (χ0) is 28.8. The first-order valence-electron chi connectivity index (χ1n) is 13.4. The number of aliphatic hydroxyl groups excluding tert-OH is 1. The van der Waals surface area contributed by atoms with E-state index in [-0.39, 0.29) is 25.2 Å². The first-order valence-corrected chi connectivity index (χ1v) is 15.9. The molecular weight excluding hydrogens is 593 g/mol. The van der Waals surface area contributed by atoms with E-state index in [0.717, 1.165) is 60.0 Å². The van der Waals surface area contributed by atoms with Gasteiger partial charge < -0.3 is 19.5 Å². The van der Waals surface area contributed by atoms with Crippen LogP contribution in [0, 0.1) is 6.92 Å². The van der Waals surface area contributed by atoms with Crippen LogP contribution < -0.4 is 9.47 Å². The molecule has 1 atom stereocenters. The molecule has 0 spiro atoms. The lowest BCUT2D eigenvalue weighted by Crippen LogP contribution is -2.37. The second kappa shape index (κ2) is 11.1. The van der Waals surface area contributed by atoms with E-state index in [2.05, 4.69) is 5.10 Å². The van der Waals surface area contributed by atoms with Crippen LogP contribution in [0.3, 0.4) is 0 Å². The maximum Gasteiger partial charge on any atom is 0.254 e. The third-order valence-corrected chi connectivity index (χ3v) is 10.1. The molecule has 1 amide bonds. The number of thiazole rings is 2. The molecule has 5 heterocycles. The Kier molecular flexibility index (Phi) is 7.10. The fourth-order valence-electron chi connectivity index (χ4n) is 5.09. The van der Waals surface area contributed by atoms with Crippen molar-refractivity contribution in [1.82, 2.24) is 29.5 Å². The molecule has 1 N–H and O–H groups in total. The van der Waals surface area contributed by atoms with Crippen molar-refractivity contribution in [3.8, 4) is 32.8 Å². The van der Waals surface area contributed by atoms with Crippen molar-refractivity contribution >= 4 is 55.1 Å². The molecule has 1 aliphatic rings. The summed E-state index contributed by atoms with van der Waals surface area (Å²) in [6.07, 6.45) is 3.66. The van der Waals surface area contributed by atoms with Gasteiger partial charge in [-0.1, -0.05) is 23.5 Å². The molecule has 1 aliphatic heterocycles. The maximum atomic E-state index is 12.9. The Balaban J connectivity index is 1.08. The van der Waals surface area contributed by atoms with Crippen molar-refractivity contribution in [1.29, 1.82) is 0 Å². The fraction of sp³-hybridized carbons (Fsp3) is 0.276. The molecule has 4 aromatic heterocycles. The number of carbonyl (C=O) groups excluding carboxylic acids is 1. The third-order valence-electron chi connectivity index (χ3n) is 7.18. The van der Waals surface area contributed by atoms with Crippen molar-refractivity contribution < 1.29 is 19.4 Å². The van der Waals surface area contributed by atoms with Gasteiger partial charge in [-0.2, -0.15) is 5.10 Å². The molecule has 1 fully saturated rings. The lowest BCUT2D eigenvalue weighted by Gasteiger charge is -2.23. The number of carbonyl (C=O) groups is 1. The van der Waals surface area contributed by atoms with Crippen LogP contribution in [0.15, 0.2) is 48.0 Å². The van der Waals surface area contributed by atoms with Gasteiger partial charge in [0.2, 0.25) is 4.96 Å². The first kappa shape index (κ1) is 27.0. The zero-order valence-electron chi connectivity index (χ0n) is 22.8. The van der Waals surface area contributed by atoms with Crippen LogP contribution >= 0.6 is 34.0 Å². The second-order valence-corrected chi connectivity index (χ2v) is 13.0. The highest BCUT2D eigenvalue weighted by Gasteiger charge is 2.28. The molecule has 0 radical (unpaired) electrons. The van der Waals surface area contributed by atoms with Gasteiger partial charge in [0.15, 0.2) is 0 Å². The minimum Gasteiger partial charge on any atom is -0.497 e. The average Bonchev–Trinajstić information content (AvgIpc) is 3.83. The normalized spacial score (nSPS) is 15.2. The Morgan fingerprint density at radius 3 is 2.76 bits per heavy atom. The van der Waals surface area contributed by atoms with E-state index in [4.69, 9.17) is 24.4 Å². The SMILES string of the molecule is COc1cc(OCc2csc(-c3ccc(C(=O)N4CCC[C@@H]4CO)cc3)n2)c2sc(-c3cn4nc(C)sc4n3)nc2c1. The van der Waals surface area contributed by atoms with Gasteiger partial charge in [0.25, 0.3) is 5.91 Å². The number of hydrogen-bond acceptors (Lipinski definition) is 11. The predicted octanol–water partition coefficient (Wildman–Crippen LogP) is 5.68. The summed E-state index contributed by atoms with van der Waals surface area (Å²) in [5.74, 6) is 1.29. The van der Waals surface area contributed by atoms with Crippen LogP contribution in [0.4, 0.5) is 0 Å². The standard InChI is InChI=1S/C29H26N6O4S3/c1-16-33-35-12-23(32-29(35)41-16)27-31-22-10-21(38-2)11-24(25(22)42-27)39-14-19-15-40-26(30-19)17-5-7-18(8-6-17)28(37)34-9-3-4-20(34)13-36/h5-8,10-12,15,20,36H,3-4,9,13-14H2,1-2H3/t20-/m1/s1. The summed E-state index contributed by atoms with van der Waals surface area (Å²) < 4.78 is 14.5. The topological polar surface area (TPSA) is 115 Å². The average molecular weight is 619 g/mol. The summed E-state index contributed by atoms with van der Waals surface area (Å²) >= 11 is 4.58. The number of hydrogen-bond donors (Lipinski definition) is 1. The highest BCUT2D eigenvalue weighted by atomic mass is 32.1. The number of rotatable bonds is 8. The largest absolute Gasteiger partial charge is 0.497 e. The second-order valence-electron chi connectivity index (χ2n) is 9.95. The number of methoxy groups -OCH3 is 1. The number of amides is 1. The first-order chi connectivity index (χ1) is 20.5. The smallest absolute Gasteiger partial charge is 0.254 e. The monoisotopic (exact) mass is 618 g/mol. The highest BCUT2D eigenvalue weighted by molar-refractivity contribution is 7.22. The van der Waals surface area contributed by atoms with E-state index in [0.29, 0.717) is 23.6 Å². The number of benzene rings is 2. The van der Waals surface area contributed by atoms with Crippen LogP contribution in [-0.4, -0.2) is 66.8 Å². The van der Waals surface area contributed by atoms with Crippen molar-refractivity contribution in [2.45, 2.75) is 32.4 Å². The minimum atomic E-state index is -0.0919. The van der Waals surface area contributed by atoms with Crippen LogP contribution in [-0.2, 0) is 6.61 Å². The van der Waals surface area contributed by atoms with Crippen LogP contribution in [0.25, 0.3) is 36.5 Å². The number of aryl methyl sites for hydroxylation is 1. The molecule has 0 saturated carbocycles. The molecule has 13 heteroatoms. The van der Waals surface area contributed by atoms with Gasteiger partial charge in [0.1, 0.15) is 38.8 Å². The summed E-state index contributed by atoms with van der Waals surface area (Å²) in [6.45, 7) is 2.92. The number of nitrogens with zero attached hydrogens (tertiary/aromatic N) is 6. The Bertz CT molecular complexity index is 1880. The van der Waals surface area contributed by atoms with Crippen LogP contribution in [0.2, 0.25) is 0 Å². The Hall–Kier alpha value is -3.91. The lowest BCUT2D eigenvalue weighted by molar-refractivity contribution is 0.0677. The molecule has 10 nitrogen and oxygen atoms in total. The molecule has 2 aromatic carbocycles. The molecule has 42 heavy (non-hydrogen) atoms. The van der Waals surface area contributed by atoms with Crippen molar-refractivity contribution in [3.05, 3.63) is 64.2 Å². The van der Waals surface area contributed by atoms with Gasteiger partial charge >= 0.3 is 0 Å². The van der Waals surface area contributed by atoms with Gasteiger partial charge in [-0.05, 0) is 31.9 Å². The number of fused-ring (bicyclic) bond motifs is 2. The summed E-state index contributed by atoms with van der Waals surface area (Å²) in [6, 6.07) is 11.2. The van der Waals surface area contributed by atoms with Gasteiger partial charge in [0, 0.05) is 35.2 Å². The summed E-state index contributed by atoms with van der Waals surface area (Å²) in [5.41, 5.74) is 3.90. The van der Waals surface area contributed by atoms with Gasteiger partial charge in [0.05, 0.1) is 41.9 Å². The lowest BCUT2D eigenvalue weighted by atomic mass is 10.1. The predicted molar refractivity (Wildman–Crippen MR) is 164 cm³/mol. The van der Waals surface area contributed by atoms with Crippen LogP contribution in [0.5, 0.6) is 11.5 Å². The van der Waals surface area contributed by atoms with E-state index in [1.54, 1.807) is 16.5 Å². The third kappa shape index (κ3) is 5.02. The Morgan fingerprint density at radius 1 is 1.12 bits per heavy atom. The summed E-state index contributed by atoms with van der Waals surface area (Å²) in [5, 5.41) is 18.6. The number of imidazole rings is 1. The Morgan fingerprint density at radius 2 is 1.98 bits per heavy atom. The fourth-order valence-corrected chi connectivity index (χ4v) is 7.59. The van der Waals surface area contributed by atoms with E-state index in [1.807, 2.05) is 54.9 Å². The van der Waals surface area contributed by atoms with E-state index in [1.165, 1.54) is 34.0 Å². The zero-order valence-corrected chi connectivity index (χ0v) is 25.3. The van der Waals surface area contributed by atoms with Crippen LogP contribution in [0.1, 0.15) is 33.9 Å². The number of aromatic nitrogens is 5. The molecule has 1 saturated heterocycles. The highest BCUT2D eigenvalue weighted by Crippen LogP contribution is 2.39. The minimum absolute atomic E-state index is 0.0000434. The van der Waals surface area contributed by atoms with Gasteiger partial charge in [-0.25, -0.2) is 19.5 Å². The Labute approximate surface area is 252 Å². The quantitative estimate of drug-likeness (QED) is 0.232. The molecule has 0 unspecified atom stereocenters. The van der Waals surface area contributed by atoms with Gasteiger partial charge in [-0.3, -0.25) is 4.79 Å². The number of aliphatic hydroxyl groups is 1. The van der Waals surface area contributed by atoms with E-state index in [9.17, 15) is 9.90 Å². The van der Waals surface area contributed by atoms with Gasteiger partial charge in [-0.15, -0.1) is 22.7 Å². The van der Waals surface area contributed by atoms with E-state index >= 15 is 0 Å². The molecule has 6 aromatic rings. The number of ether oxygens (including phenoxy) is 2. The van der Waals surface area contributed by atoms with Crippen molar-refractivity contribution in [2.24, 2.45) is 0 Å². The molecule has 0 aliphatic carbocycles. The molecular formula is C29H26N6O4S3. The summed E-state index contributed by atoms with van der Waals surface area (Å²) in [7, 11) is 1.62. The van der Waals surface area contributed by atoms with Crippen molar-refractivity contribution in [2.75, 3.05) is 20.3 Å². The van der Waals surface area contributed by atoms with Crippen molar-refractivity contribution in [3.63, 3.8) is 0 Å². The van der Waals surface area contributed by atoms with E-state index < -0.39 is 0 Å². The maximum absolute atomic E-state index is 12.9. The molecule has 214 valence electrons. The molecule has 7 rings (SSSR count). The molecule has 0 bridgehead atoms. The number of likely N-dealkylation sites (tertiary alicyclic amines) is 1.